The molecule has 2 atom stereocenters. The van der Waals surface area contributed by atoms with Crippen LogP contribution < -0.4 is 25.0 Å². The van der Waals surface area contributed by atoms with E-state index < -0.39 is 15.6 Å². The van der Waals surface area contributed by atoms with Gasteiger partial charge in [-0.25, -0.2) is 22.9 Å². The minimum Gasteiger partial charge on any atom is -0.495 e. The van der Waals surface area contributed by atoms with E-state index >= 15 is 0 Å². The van der Waals surface area contributed by atoms with Gasteiger partial charge in [-0.05, 0) is 67.3 Å². The van der Waals surface area contributed by atoms with E-state index in [-0.39, 0.29) is 18.0 Å². The van der Waals surface area contributed by atoms with Gasteiger partial charge in [-0.1, -0.05) is 17.7 Å². The lowest BCUT2D eigenvalue weighted by Crippen LogP contribution is -2.51. The highest BCUT2D eigenvalue weighted by molar-refractivity contribution is 7.88. The van der Waals surface area contributed by atoms with Crippen LogP contribution in [0.5, 0.6) is 5.75 Å². The molecule has 206 valence electrons. The number of pyridine rings is 2. The molecule has 0 spiro atoms. The summed E-state index contributed by atoms with van der Waals surface area (Å²) in [5.41, 5.74) is 1.79. The number of sulfonamides is 1. The van der Waals surface area contributed by atoms with Crippen molar-refractivity contribution in [2.75, 3.05) is 36.7 Å². The van der Waals surface area contributed by atoms with Gasteiger partial charge >= 0.3 is 6.03 Å². The Labute approximate surface area is 233 Å². The maximum atomic E-state index is 12.9. The molecule has 1 aliphatic heterocycles. The number of rotatable bonds is 8. The van der Waals surface area contributed by atoms with Gasteiger partial charge in [0.2, 0.25) is 10.0 Å². The minimum atomic E-state index is -3.33. The number of amides is 2. The molecule has 12 heteroatoms. The first-order valence-electron chi connectivity index (χ1n) is 12.7. The van der Waals surface area contributed by atoms with Crippen molar-refractivity contribution >= 4 is 39.2 Å². The Bertz CT molecular complexity index is 1410. The van der Waals surface area contributed by atoms with E-state index in [1.165, 1.54) is 6.26 Å². The summed E-state index contributed by atoms with van der Waals surface area (Å²) in [6.07, 6.45) is 6.79. The lowest BCUT2D eigenvalue weighted by Gasteiger charge is -2.39. The standard InChI is InChI=1S/C27H31ClN6O4S/c1-38-21-8-9-23(29-16-21)22-17-34(14-11-24(22)32-26(35)31-20-6-4-19(28)5-7-20)25-10-3-18(15-30-25)27(12-13-27)33-39(2,36)37/h3-10,15-16,22,24,33H,11-14,17H2,1-2H3,(H2,31,32,35)/t22-,24+/m0/s1. The molecule has 3 heterocycles. The molecule has 1 saturated carbocycles. The van der Waals surface area contributed by atoms with Crippen molar-refractivity contribution in [2.45, 2.75) is 36.8 Å². The van der Waals surface area contributed by atoms with Crippen LogP contribution in [0.2, 0.25) is 5.02 Å². The first-order valence-corrected chi connectivity index (χ1v) is 14.9. The summed E-state index contributed by atoms with van der Waals surface area (Å²) in [7, 11) is -1.73. The number of halogens is 1. The fraction of sp³-hybridized carbons (Fsp3) is 0.370. The van der Waals surface area contributed by atoms with E-state index in [1.807, 2.05) is 24.3 Å². The highest BCUT2D eigenvalue weighted by Crippen LogP contribution is 2.46. The number of ether oxygens (including phenoxy) is 1. The van der Waals surface area contributed by atoms with Gasteiger partial charge in [-0.15, -0.1) is 0 Å². The highest BCUT2D eigenvalue weighted by atomic mass is 35.5. The number of aromatic nitrogens is 2. The third kappa shape index (κ3) is 6.60. The van der Waals surface area contributed by atoms with Crippen LogP contribution >= 0.6 is 11.6 Å². The van der Waals surface area contributed by atoms with Crippen LogP contribution in [0.1, 0.15) is 36.4 Å². The molecular formula is C27H31ClN6O4S. The number of carbonyl (C=O) groups is 1. The number of piperidine rings is 1. The molecule has 5 rings (SSSR count). The smallest absolute Gasteiger partial charge is 0.319 e. The molecule has 2 amide bonds. The fourth-order valence-electron chi connectivity index (χ4n) is 5.02. The van der Waals surface area contributed by atoms with E-state index in [1.54, 1.807) is 43.8 Å². The summed E-state index contributed by atoms with van der Waals surface area (Å²) in [6, 6.07) is 14.1. The Hall–Kier alpha value is -3.41. The molecule has 3 aromatic rings. The third-order valence-electron chi connectivity index (χ3n) is 7.16. The van der Waals surface area contributed by atoms with Gasteiger partial charge < -0.3 is 20.3 Å². The van der Waals surface area contributed by atoms with Crippen molar-refractivity contribution in [2.24, 2.45) is 0 Å². The van der Waals surface area contributed by atoms with Gasteiger partial charge in [0, 0.05) is 47.7 Å². The van der Waals surface area contributed by atoms with Crippen molar-refractivity contribution in [1.82, 2.24) is 20.0 Å². The maximum Gasteiger partial charge on any atom is 0.319 e. The van der Waals surface area contributed by atoms with E-state index in [0.29, 0.717) is 36.0 Å². The molecule has 1 saturated heterocycles. The summed E-state index contributed by atoms with van der Waals surface area (Å²) < 4.78 is 31.7. The molecule has 0 bridgehead atoms. The van der Waals surface area contributed by atoms with Gasteiger partial charge in [0.05, 0.1) is 25.1 Å². The topological polar surface area (TPSA) is 126 Å². The summed E-state index contributed by atoms with van der Waals surface area (Å²) in [4.78, 5) is 24.3. The van der Waals surface area contributed by atoms with Crippen LogP contribution in [0.3, 0.4) is 0 Å². The third-order valence-corrected chi connectivity index (χ3v) is 8.17. The van der Waals surface area contributed by atoms with Crippen molar-refractivity contribution in [3.63, 3.8) is 0 Å². The summed E-state index contributed by atoms with van der Waals surface area (Å²) in [5.74, 6) is 1.34. The zero-order valence-corrected chi connectivity index (χ0v) is 23.3. The Balaban J connectivity index is 1.32. The van der Waals surface area contributed by atoms with Crippen LogP contribution in [0.4, 0.5) is 16.3 Å². The van der Waals surface area contributed by atoms with Crippen LogP contribution in [-0.4, -0.2) is 56.9 Å². The molecule has 2 fully saturated rings. The fourth-order valence-corrected chi connectivity index (χ4v) is 6.18. The number of hydrogen-bond acceptors (Lipinski definition) is 7. The molecule has 2 aliphatic rings. The van der Waals surface area contributed by atoms with Crippen molar-refractivity contribution in [3.05, 3.63) is 77.2 Å². The molecule has 3 N–H and O–H groups in total. The van der Waals surface area contributed by atoms with Crippen LogP contribution in [0, 0.1) is 0 Å². The molecule has 1 aliphatic carbocycles. The molecule has 1 aromatic carbocycles. The summed E-state index contributed by atoms with van der Waals surface area (Å²) in [5, 5.41) is 6.59. The average Bonchev–Trinajstić information content (AvgIpc) is 3.69. The van der Waals surface area contributed by atoms with E-state index in [4.69, 9.17) is 16.3 Å². The van der Waals surface area contributed by atoms with Gasteiger partial charge in [-0.2, -0.15) is 0 Å². The van der Waals surface area contributed by atoms with Crippen LogP contribution in [0.25, 0.3) is 0 Å². The second kappa shape index (κ2) is 11.0. The quantitative estimate of drug-likeness (QED) is 0.375. The summed E-state index contributed by atoms with van der Waals surface area (Å²) >= 11 is 5.95. The SMILES string of the molecule is COc1ccc([C@@H]2CN(c3ccc(C4(NS(C)(=O)=O)CC4)cn3)CC[C@H]2NC(=O)Nc2ccc(Cl)cc2)nc1. The van der Waals surface area contributed by atoms with E-state index in [2.05, 4.69) is 30.2 Å². The van der Waals surface area contributed by atoms with Crippen LogP contribution in [0.15, 0.2) is 60.9 Å². The number of methoxy groups -OCH3 is 1. The van der Waals surface area contributed by atoms with Gasteiger partial charge in [0.1, 0.15) is 11.6 Å². The first-order chi connectivity index (χ1) is 18.6. The predicted octanol–water partition coefficient (Wildman–Crippen LogP) is 3.86. The number of nitrogens with zero attached hydrogens (tertiary/aromatic N) is 3. The van der Waals surface area contributed by atoms with Crippen LogP contribution in [-0.2, 0) is 15.6 Å². The second-order valence-electron chi connectivity index (χ2n) is 10.0. The Morgan fingerprint density at radius 2 is 1.85 bits per heavy atom. The van der Waals surface area contributed by atoms with Gasteiger partial charge in [0.25, 0.3) is 0 Å². The average molecular weight is 571 g/mol. The monoisotopic (exact) mass is 570 g/mol. The predicted molar refractivity (Wildman–Crippen MR) is 151 cm³/mol. The van der Waals surface area contributed by atoms with Gasteiger partial charge in [0.15, 0.2) is 0 Å². The van der Waals surface area contributed by atoms with Crippen molar-refractivity contribution in [1.29, 1.82) is 0 Å². The van der Waals surface area contributed by atoms with Gasteiger partial charge in [-0.3, -0.25) is 4.98 Å². The number of anilines is 2. The second-order valence-corrected chi connectivity index (χ2v) is 12.2. The lowest BCUT2D eigenvalue weighted by atomic mass is 9.88. The maximum absolute atomic E-state index is 12.9. The molecule has 10 nitrogen and oxygen atoms in total. The van der Waals surface area contributed by atoms with E-state index in [9.17, 15) is 13.2 Å². The Morgan fingerprint density at radius 1 is 1.08 bits per heavy atom. The summed E-state index contributed by atoms with van der Waals surface area (Å²) in [6.45, 7) is 1.27. The number of benzene rings is 1. The zero-order valence-electron chi connectivity index (χ0n) is 21.7. The Morgan fingerprint density at radius 3 is 2.44 bits per heavy atom. The Kier molecular flexibility index (Phi) is 7.66. The zero-order chi connectivity index (χ0) is 27.6. The van der Waals surface area contributed by atoms with E-state index in [0.717, 1.165) is 29.9 Å². The van der Waals surface area contributed by atoms with Crippen molar-refractivity contribution in [3.8, 4) is 5.75 Å². The lowest BCUT2D eigenvalue weighted by molar-refractivity contribution is 0.243. The molecule has 2 aromatic heterocycles. The molecule has 39 heavy (non-hydrogen) atoms. The molecule has 0 unspecified atom stereocenters. The number of urea groups is 1. The molecule has 0 radical (unpaired) electrons. The number of nitrogens with one attached hydrogen (secondary N) is 3. The normalized spacial score (nSPS) is 20.2. The number of hydrogen-bond donors (Lipinski definition) is 3. The largest absolute Gasteiger partial charge is 0.495 e. The number of carbonyl (C=O) groups excluding carboxylic acids is 1. The highest BCUT2D eigenvalue weighted by Gasteiger charge is 2.47. The first kappa shape index (κ1) is 27.2. The molecular weight excluding hydrogens is 540 g/mol. The van der Waals surface area contributed by atoms with Crippen molar-refractivity contribution < 1.29 is 17.9 Å². The minimum absolute atomic E-state index is 0.108.